The van der Waals surface area contributed by atoms with Crippen LogP contribution in [0.4, 0.5) is 0 Å². The van der Waals surface area contributed by atoms with Crippen molar-refractivity contribution in [2.75, 3.05) is 0 Å². The lowest BCUT2D eigenvalue weighted by molar-refractivity contribution is -0.584. The fourth-order valence-corrected chi connectivity index (χ4v) is 3.63. The Morgan fingerprint density at radius 2 is 2.16 bits per heavy atom. The molecule has 1 saturated carbocycles. The van der Waals surface area contributed by atoms with Crippen molar-refractivity contribution in [2.24, 2.45) is 17.6 Å². The molecule has 7 atom stereocenters. The number of nitrogens with two attached hydrogens (primary N) is 1. The van der Waals surface area contributed by atoms with Crippen molar-refractivity contribution < 1.29 is 29.8 Å². The molecular formula is C11H18N3O5+. The van der Waals surface area contributed by atoms with E-state index in [1.54, 1.807) is 0 Å². The van der Waals surface area contributed by atoms with E-state index in [2.05, 4.69) is 10.3 Å². The van der Waals surface area contributed by atoms with Gasteiger partial charge >= 0.3 is 11.9 Å². The molecular weight excluding hydrogens is 254 g/mol. The molecule has 0 aromatic rings. The number of ether oxygens (including phenoxy) is 1. The molecule has 2 heterocycles. The number of carbonyl (C=O) groups is 1. The Labute approximate surface area is 109 Å². The molecule has 1 spiro atoms. The summed E-state index contributed by atoms with van der Waals surface area (Å²) >= 11 is 0. The van der Waals surface area contributed by atoms with Crippen LogP contribution in [0.25, 0.3) is 0 Å². The van der Waals surface area contributed by atoms with Gasteiger partial charge in [0, 0.05) is 0 Å². The van der Waals surface area contributed by atoms with Gasteiger partial charge in [-0.3, -0.25) is 16.0 Å². The van der Waals surface area contributed by atoms with Gasteiger partial charge in [-0.05, 0) is 12.3 Å². The summed E-state index contributed by atoms with van der Waals surface area (Å²) in [7, 11) is 0. The number of rotatable bonds is 0. The summed E-state index contributed by atoms with van der Waals surface area (Å²) in [4.78, 5) is 14.4. The Hall–Kier alpha value is -1.38. The highest BCUT2D eigenvalue weighted by Crippen LogP contribution is 2.45. The van der Waals surface area contributed by atoms with E-state index in [1.165, 1.54) is 0 Å². The lowest BCUT2D eigenvalue weighted by Gasteiger charge is -2.56. The van der Waals surface area contributed by atoms with E-state index in [0.29, 0.717) is 6.42 Å². The molecule has 2 bridgehead atoms. The Kier molecular flexibility index (Phi) is 2.54. The zero-order valence-corrected chi connectivity index (χ0v) is 10.4. The molecule has 0 radical (unpaired) electrons. The number of aliphatic hydroxyl groups excluding tert-OH is 3. The van der Waals surface area contributed by atoms with Crippen LogP contribution in [0.5, 0.6) is 0 Å². The molecule has 0 aromatic heterocycles. The predicted molar refractivity (Wildman–Crippen MR) is 61.2 cm³/mol. The van der Waals surface area contributed by atoms with Crippen molar-refractivity contribution >= 4 is 11.9 Å². The molecule has 1 aliphatic carbocycles. The number of guanidine groups is 1. The standard InChI is InChI=1S/C11H17N3O5/c1-3-2-4-8(17)13-10(12)14-11(4)6(15)5(3)19-9(18)7(11)16/h3-8,15-17H,2H2,1H3,(H3,12,13,14)/p+1/t3?,4?,5?,6?,7-,8+,11?/m0/s1. The minimum absolute atomic E-state index is 0.0184. The van der Waals surface area contributed by atoms with Gasteiger partial charge in [-0.25, -0.2) is 4.79 Å². The zero-order chi connectivity index (χ0) is 13.9. The first-order valence-electron chi connectivity index (χ1n) is 6.29. The lowest BCUT2D eigenvalue weighted by Crippen LogP contribution is -2.97. The van der Waals surface area contributed by atoms with Crippen molar-refractivity contribution in [1.29, 1.82) is 0 Å². The maximum absolute atomic E-state index is 11.8. The SMILES string of the molecule is CC1CC2[C@@H](O)[NH+]=C(N)NC23C(O)C1OC(=O)[C@@H]3O. The maximum Gasteiger partial charge on any atom is 0.343 e. The van der Waals surface area contributed by atoms with Crippen LogP contribution in [0.1, 0.15) is 13.3 Å². The van der Waals surface area contributed by atoms with E-state index in [4.69, 9.17) is 10.5 Å². The average Bonchev–Trinajstić information content (AvgIpc) is 2.33. The number of nitrogens with one attached hydrogen (secondary N) is 2. The number of hydrogen-bond donors (Lipinski definition) is 6. The highest BCUT2D eigenvalue weighted by Gasteiger charge is 2.69. The molecule has 1 saturated heterocycles. The Balaban J connectivity index is 2.13. The van der Waals surface area contributed by atoms with Crippen LogP contribution < -0.4 is 16.0 Å². The van der Waals surface area contributed by atoms with E-state index in [-0.39, 0.29) is 11.9 Å². The number of carbonyl (C=O) groups excluding carboxylic acids is 1. The second-order valence-corrected chi connectivity index (χ2v) is 5.63. The molecule has 3 rings (SSSR count). The van der Waals surface area contributed by atoms with E-state index in [9.17, 15) is 20.1 Å². The lowest BCUT2D eigenvalue weighted by atomic mass is 9.61. The number of fused-ring (bicyclic) bond motifs is 1. The largest absolute Gasteiger partial charge is 0.457 e. The topological polar surface area (TPSA) is 139 Å². The second-order valence-electron chi connectivity index (χ2n) is 5.63. The van der Waals surface area contributed by atoms with Gasteiger partial charge in [-0.1, -0.05) is 6.92 Å². The minimum Gasteiger partial charge on any atom is -0.457 e. The molecule has 2 fully saturated rings. The second kappa shape index (κ2) is 3.81. The fourth-order valence-electron chi connectivity index (χ4n) is 3.63. The summed E-state index contributed by atoms with van der Waals surface area (Å²) in [5.41, 5.74) is 4.23. The van der Waals surface area contributed by atoms with Crippen LogP contribution in [-0.4, -0.2) is 57.3 Å². The Morgan fingerprint density at radius 3 is 2.84 bits per heavy atom. The average molecular weight is 272 g/mol. The van der Waals surface area contributed by atoms with Crippen LogP contribution >= 0.6 is 0 Å². The number of aliphatic hydroxyl groups is 3. The molecule has 7 N–H and O–H groups in total. The quantitative estimate of drug-likeness (QED) is 0.244. The molecule has 5 unspecified atom stereocenters. The zero-order valence-electron chi connectivity index (χ0n) is 10.4. The highest BCUT2D eigenvalue weighted by molar-refractivity contribution is 5.81. The van der Waals surface area contributed by atoms with Gasteiger partial charge in [0.15, 0.2) is 17.9 Å². The summed E-state index contributed by atoms with van der Waals surface area (Å²) in [6.07, 6.45) is -3.98. The third-order valence-electron chi connectivity index (χ3n) is 4.56. The molecule has 19 heavy (non-hydrogen) atoms. The molecule has 0 amide bonds. The van der Waals surface area contributed by atoms with E-state index >= 15 is 0 Å². The van der Waals surface area contributed by atoms with Crippen molar-refractivity contribution in [2.45, 2.75) is 43.4 Å². The van der Waals surface area contributed by atoms with Crippen molar-refractivity contribution in [1.82, 2.24) is 5.32 Å². The van der Waals surface area contributed by atoms with Crippen LogP contribution in [0, 0.1) is 11.8 Å². The Bertz CT molecular complexity index is 456. The molecule has 8 nitrogen and oxygen atoms in total. The van der Waals surface area contributed by atoms with E-state index in [1.807, 2.05) is 6.92 Å². The minimum atomic E-state index is -1.58. The van der Waals surface area contributed by atoms with Crippen LogP contribution in [0.15, 0.2) is 0 Å². The van der Waals surface area contributed by atoms with E-state index < -0.39 is 42.0 Å². The number of esters is 1. The van der Waals surface area contributed by atoms with Gasteiger partial charge in [-0.2, -0.15) is 0 Å². The summed E-state index contributed by atoms with van der Waals surface area (Å²) in [5.74, 6) is -1.46. The molecule has 3 aliphatic rings. The summed E-state index contributed by atoms with van der Waals surface area (Å²) in [5, 5.41) is 33.5. The summed E-state index contributed by atoms with van der Waals surface area (Å²) < 4.78 is 5.08. The van der Waals surface area contributed by atoms with Crippen molar-refractivity contribution in [3.63, 3.8) is 0 Å². The van der Waals surface area contributed by atoms with Crippen LogP contribution in [0.3, 0.4) is 0 Å². The highest BCUT2D eigenvalue weighted by atomic mass is 16.6. The first-order valence-corrected chi connectivity index (χ1v) is 6.29. The fraction of sp³-hybridized carbons (Fsp3) is 0.818. The first kappa shape index (κ1) is 12.6. The van der Waals surface area contributed by atoms with Gasteiger partial charge < -0.3 is 20.1 Å². The van der Waals surface area contributed by atoms with Gasteiger partial charge in [0.05, 0.1) is 5.92 Å². The van der Waals surface area contributed by atoms with Crippen molar-refractivity contribution in [3.05, 3.63) is 0 Å². The van der Waals surface area contributed by atoms with Crippen LogP contribution in [-0.2, 0) is 9.53 Å². The van der Waals surface area contributed by atoms with Gasteiger partial charge in [0.1, 0.15) is 12.2 Å². The maximum atomic E-state index is 11.8. The summed E-state index contributed by atoms with van der Waals surface area (Å²) in [6.45, 7) is 1.83. The molecule has 0 aromatic carbocycles. The summed E-state index contributed by atoms with van der Waals surface area (Å²) in [6, 6.07) is 0. The predicted octanol–water partition coefficient (Wildman–Crippen LogP) is -4.65. The Morgan fingerprint density at radius 1 is 1.47 bits per heavy atom. The number of hydrogen-bond acceptors (Lipinski definition) is 7. The smallest absolute Gasteiger partial charge is 0.343 e. The van der Waals surface area contributed by atoms with Crippen molar-refractivity contribution in [3.8, 4) is 0 Å². The third kappa shape index (κ3) is 1.44. The molecule has 106 valence electrons. The third-order valence-corrected chi connectivity index (χ3v) is 4.56. The molecule has 8 heteroatoms. The normalized spacial score (nSPS) is 52.6. The van der Waals surface area contributed by atoms with Crippen LogP contribution in [0.2, 0.25) is 0 Å². The monoisotopic (exact) mass is 272 g/mol. The van der Waals surface area contributed by atoms with Gasteiger partial charge in [0.25, 0.3) is 0 Å². The molecule has 2 aliphatic heterocycles. The van der Waals surface area contributed by atoms with E-state index in [0.717, 1.165) is 0 Å². The van der Waals surface area contributed by atoms with Gasteiger partial charge in [0.2, 0.25) is 0 Å². The van der Waals surface area contributed by atoms with Gasteiger partial charge in [-0.15, -0.1) is 0 Å². The first-order chi connectivity index (χ1) is 8.87.